The molecule has 0 unspecified atom stereocenters. The van der Waals surface area contributed by atoms with E-state index in [1.807, 2.05) is 12.1 Å². The average molecular weight is 343 g/mol. The van der Waals surface area contributed by atoms with E-state index in [4.69, 9.17) is 0 Å². The van der Waals surface area contributed by atoms with Gasteiger partial charge in [0, 0.05) is 18.7 Å². The lowest BCUT2D eigenvalue weighted by Gasteiger charge is -2.38. The van der Waals surface area contributed by atoms with E-state index in [0.29, 0.717) is 28.0 Å². The minimum atomic E-state index is -1.73. The number of aromatic nitrogens is 1. The molecule has 0 aliphatic heterocycles. The predicted octanol–water partition coefficient (Wildman–Crippen LogP) is 4.76. The molecule has 1 heterocycles. The fourth-order valence-corrected chi connectivity index (χ4v) is 8.76. The van der Waals surface area contributed by atoms with E-state index in [-0.39, 0.29) is 5.91 Å². The van der Waals surface area contributed by atoms with E-state index in [0.717, 1.165) is 5.56 Å². The molecule has 1 aromatic heterocycles. The summed E-state index contributed by atoms with van der Waals surface area (Å²) in [4.78, 5) is 15.4. The van der Waals surface area contributed by atoms with Gasteiger partial charge >= 0.3 is 0 Å². The Kier molecular flexibility index (Phi) is 6.98. The molecule has 0 bridgehead atoms. The Morgan fingerprint density at radius 2 is 1.67 bits per heavy atom. The van der Waals surface area contributed by atoms with Crippen LogP contribution < -0.4 is 5.32 Å². The van der Waals surface area contributed by atoms with Crippen LogP contribution in [-0.4, -0.2) is 19.0 Å². The number of carbonyl (C=O) groups excluding carboxylic acids is 1. The molecule has 1 aromatic rings. The molecule has 3 nitrogen and oxygen atoms in total. The first-order valence-electron chi connectivity index (χ1n) is 8.57. The van der Waals surface area contributed by atoms with Gasteiger partial charge in [-0.2, -0.15) is 0 Å². The molecular formula is C20H30N2OSi. The summed E-state index contributed by atoms with van der Waals surface area (Å²) in [5, 5.41) is 2.65. The van der Waals surface area contributed by atoms with Crippen LogP contribution in [0.3, 0.4) is 0 Å². The third-order valence-electron chi connectivity index (χ3n) is 4.69. The van der Waals surface area contributed by atoms with Gasteiger partial charge in [0.05, 0.1) is 11.4 Å². The summed E-state index contributed by atoms with van der Waals surface area (Å²) in [6, 6.07) is 3.80. The Balaban J connectivity index is 3.11. The Bertz CT molecular complexity index is 627. The molecule has 0 spiro atoms. The minimum absolute atomic E-state index is 0.146. The SMILES string of the molecule is C=C(NC(C)=O)c1ccc(C#C[Si](C(C)C)(C(C)C)C(C)C)cn1. The average Bonchev–Trinajstić information content (AvgIpc) is 2.46. The molecule has 24 heavy (non-hydrogen) atoms. The molecule has 0 aliphatic carbocycles. The van der Waals surface area contributed by atoms with Crippen LogP contribution in [0.15, 0.2) is 24.9 Å². The number of carbonyl (C=O) groups is 1. The molecule has 0 fully saturated rings. The van der Waals surface area contributed by atoms with Crippen molar-refractivity contribution in [2.75, 3.05) is 0 Å². The summed E-state index contributed by atoms with van der Waals surface area (Å²) >= 11 is 0. The highest BCUT2D eigenvalue weighted by atomic mass is 28.3. The molecule has 4 heteroatoms. The number of hydrogen-bond donors (Lipinski definition) is 1. The van der Waals surface area contributed by atoms with Crippen LogP contribution in [0.5, 0.6) is 0 Å². The molecular weight excluding hydrogens is 312 g/mol. The number of amides is 1. The van der Waals surface area contributed by atoms with Crippen molar-refractivity contribution in [1.82, 2.24) is 10.3 Å². The van der Waals surface area contributed by atoms with Crippen LogP contribution >= 0.6 is 0 Å². The Labute approximate surface area is 148 Å². The number of hydrogen-bond acceptors (Lipinski definition) is 2. The van der Waals surface area contributed by atoms with Crippen molar-refractivity contribution in [3.63, 3.8) is 0 Å². The maximum atomic E-state index is 11.1. The van der Waals surface area contributed by atoms with Gasteiger partial charge < -0.3 is 5.32 Å². The van der Waals surface area contributed by atoms with Crippen molar-refractivity contribution >= 4 is 19.7 Å². The third-order valence-corrected chi connectivity index (χ3v) is 11.0. The van der Waals surface area contributed by atoms with Gasteiger partial charge in [0.25, 0.3) is 0 Å². The van der Waals surface area contributed by atoms with Crippen LogP contribution in [0.2, 0.25) is 16.6 Å². The fourth-order valence-electron chi connectivity index (χ4n) is 3.54. The Morgan fingerprint density at radius 3 is 2.04 bits per heavy atom. The molecule has 0 aliphatic rings. The van der Waals surface area contributed by atoms with Crippen molar-refractivity contribution in [3.8, 4) is 11.5 Å². The van der Waals surface area contributed by atoms with Gasteiger partial charge in [-0.25, -0.2) is 0 Å². The maximum absolute atomic E-state index is 11.1. The number of nitrogens with one attached hydrogen (secondary N) is 1. The molecule has 0 saturated carbocycles. The Morgan fingerprint density at radius 1 is 1.12 bits per heavy atom. The first-order chi connectivity index (χ1) is 11.1. The molecule has 0 radical (unpaired) electrons. The molecule has 1 N–H and O–H groups in total. The summed E-state index contributed by atoms with van der Waals surface area (Å²) in [6.45, 7) is 19.1. The summed E-state index contributed by atoms with van der Waals surface area (Å²) < 4.78 is 0. The number of rotatable bonds is 5. The van der Waals surface area contributed by atoms with Gasteiger partial charge in [-0.05, 0) is 28.8 Å². The van der Waals surface area contributed by atoms with E-state index in [9.17, 15) is 4.79 Å². The van der Waals surface area contributed by atoms with Gasteiger partial charge in [-0.15, -0.1) is 5.54 Å². The Hall–Kier alpha value is -1.86. The largest absolute Gasteiger partial charge is 0.325 e. The van der Waals surface area contributed by atoms with Gasteiger partial charge in [0.1, 0.15) is 8.07 Å². The molecule has 0 aromatic carbocycles. The highest BCUT2D eigenvalue weighted by Gasteiger charge is 2.41. The zero-order valence-electron chi connectivity index (χ0n) is 16.0. The summed E-state index contributed by atoms with van der Waals surface area (Å²) in [7, 11) is -1.73. The smallest absolute Gasteiger partial charge is 0.221 e. The zero-order valence-corrected chi connectivity index (χ0v) is 17.0. The first kappa shape index (κ1) is 20.2. The predicted molar refractivity (Wildman–Crippen MR) is 105 cm³/mol. The molecule has 0 atom stereocenters. The van der Waals surface area contributed by atoms with Crippen molar-refractivity contribution in [2.24, 2.45) is 0 Å². The fraction of sp³-hybridized carbons (Fsp3) is 0.500. The lowest BCUT2D eigenvalue weighted by Crippen LogP contribution is -2.43. The summed E-state index contributed by atoms with van der Waals surface area (Å²) in [5.74, 6) is 3.22. The quantitative estimate of drug-likeness (QED) is 0.619. The van der Waals surface area contributed by atoms with Crippen molar-refractivity contribution < 1.29 is 4.79 Å². The molecule has 1 amide bonds. The third kappa shape index (κ3) is 4.58. The van der Waals surface area contributed by atoms with Crippen LogP contribution in [0.1, 0.15) is 59.7 Å². The zero-order chi connectivity index (χ0) is 18.5. The van der Waals surface area contributed by atoms with Crippen LogP contribution in [-0.2, 0) is 4.79 Å². The second kappa shape index (κ2) is 8.30. The van der Waals surface area contributed by atoms with E-state index in [1.165, 1.54) is 6.92 Å². The second-order valence-corrected chi connectivity index (χ2v) is 12.8. The van der Waals surface area contributed by atoms with Gasteiger partial charge in [-0.3, -0.25) is 9.78 Å². The highest BCUT2D eigenvalue weighted by Crippen LogP contribution is 2.40. The maximum Gasteiger partial charge on any atom is 0.221 e. The minimum Gasteiger partial charge on any atom is -0.325 e. The van der Waals surface area contributed by atoms with Crippen molar-refractivity contribution in [2.45, 2.75) is 65.1 Å². The van der Waals surface area contributed by atoms with Gasteiger partial charge in [-0.1, -0.05) is 54.0 Å². The first-order valence-corrected chi connectivity index (χ1v) is 10.8. The standard InChI is InChI=1S/C20H30N2OSi/c1-14(2)24(15(3)4,16(5)6)12-11-19-9-10-20(21-13-19)17(7)22-18(8)23/h9-10,13-16H,7H2,1-6,8H3,(H,22,23). The summed E-state index contributed by atoms with van der Waals surface area (Å²) in [5.41, 5.74) is 7.59. The number of nitrogens with zero attached hydrogens (tertiary/aromatic N) is 1. The topological polar surface area (TPSA) is 42.0 Å². The lowest BCUT2D eigenvalue weighted by molar-refractivity contribution is -0.117. The van der Waals surface area contributed by atoms with E-state index in [1.54, 1.807) is 6.20 Å². The van der Waals surface area contributed by atoms with Crippen LogP contribution in [0.25, 0.3) is 5.70 Å². The molecule has 1 rings (SSSR count). The lowest BCUT2D eigenvalue weighted by atomic mass is 10.2. The summed E-state index contributed by atoms with van der Waals surface area (Å²) in [6.07, 6.45) is 1.76. The molecule has 0 saturated heterocycles. The second-order valence-electron chi connectivity index (χ2n) is 7.24. The van der Waals surface area contributed by atoms with Crippen molar-refractivity contribution in [1.29, 1.82) is 0 Å². The van der Waals surface area contributed by atoms with E-state index in [2.05, 4.69) is 69.9 Å². The number of pyridine rings is 1. The molecule has 130 valence electrons. The van der Waals surface area contributed by atoms with Gasteiger partial charge in [0.15, 0.2) is 0 Å². The van der Waals surface area contributed by atoms with Crippen LogP contribution in [0.4, 0.5) is 0 Å². The van der Waals surface area contributed by atoms with Crippen molar-refractivity contribution in [3.05, 3.63) is 36.2 Å². The van der Waals surface area contributed by atoms with E-state index < -0.39 is 8.07 Å². The highest BCUT2D eigenvalue weighted by molar-refractivity contribution is 6.90. The van der Waals surface area contributed by atoms with E-state index >= 15 is 0 Å². The van der Waals surface area contributed by atoms with Crippen LogP contribution in [0, 0.1) is 11.5 Å². The van der Waals surface area contributed by atoms with Gasteiger partial charge in [0.2, 0.25) is 5.91 Å². The monoisotopic (exact) mass is 342 g/mol. The normalized spacial score (nSPS) is 11.4.